The largest absolute Gasteiger partial charge is 0.347 e. The van der Waals surface area contributed by atoms with Crippen LogP contribution in [0.3, 0.4) is 0 Å². The maximum Gasteiger partial charge on any atom is 0.251 e. The number of carbonyl (C=O) groups excluding carboxylic acids is 1. The van der Waals surface area contributed by atoms with E-state index in [-0.39, 0.29) is 12.1 Å². The van der Waals surface area contributed by atoms with Crippen LogP contribution in [0.15, 0.2) is 28.1 Å². The Morgan fingerprint density at radius 3 is 2.45 bits per heavy atom. The summed E-state index contributed by atoms with van der Waals surface area (Å²) in [6.45, 7) is 0.287. The number of nitrogens with one attached hydrogen (secondary N) is 2. The second-order valence-electron chi connectivity index (χ2n) is 3.85. The van der Waals surface area contributed by atoms with Crippen molar-refractivity contribution < 1.29 is 13.6 Å². The van der Waals surface area contributed by atoms with Crippen molar-refractivity contribution in [2.45, 2.75) is 6.54 Å². The van der Waals surface area contributed by atoms with Gasteiger partial charge in [-0.25, -0.2) is 8.78 Å². The van der Waals surface area contributed by atoms with E-state index < -0.39 is 23.2 Å². The predicted octanol–water partition coefficient (Wildman–Crippen LogP) is 3.00. The van der Waals surface area contributed by atoms with E-state index in [1.807, 2.05) is 17.6 Å². The second-order valence-corrected chi connectivity index (χ2v) is 6.40. The molecule has 8 heteroatoms. The van der Waals surface area contributed by atoms with Gasteiger partial charge in [0.15, 0.2) is 11.6 Å². The van der Waals surface area contributed by atoms with Crippen LogP contribution in [0.1, 0.15) is 15.2 Å². The van der Waals surface area contributed by atoms with Gasteiger partial charge in [-0.1, -0.05) is 0 Å². The van der Waals surface area contributed by atoms with Gasteiger partial charge < -0.3 is 10.7 Å². The number of nitrogens with two attached hydrogens (primary N) is 1. The van der Waals surface area contributed by atoms with E-state index in [1.165, 1.54) is 11.3 Å². The zero-order valence-electron chi connectivity index (χ0n) is 10.0. The summed E-state index contributed by atoms with van der Waals surface area (Å²) < 4.78 is 27.9. The molecular weight excluding hydrogens is 352 g/mol. The highest BCUT2D eigenvalue weighted by Crippen LogP contribution is 2.22. The van der Waals surface area contributed by atoms with E-state index >= 15 is 0 Å². The first-order valence-corrected chi connectivity index (χ1v) is 7.10. The van der Waals surface area contributed by atoms with Crippen molar-refractivity contribution in [3.8, 4) is 0 Å². The molecule has 4 nitrogen and oxygen atoms in total. The number of nitrogen functional groups attached to an aromatic ring is 1. The third-order valence-corrected chi connectivity index (χ3v) is 4.12. The molecule has 0 unspecified atom stereocenters. The van der Waals surface area contributed by atoms with Crippen molar-refractivity contribution in [1.82, 2.24) is 5.32 Å². The SMILES string of the molecule is NNc1c(F)cc(C(=O)NCc2ccc(Br)s2)cc1F. The lowest BCUT2D eigenvalue weighted by molar-refractivity contribution is 0.0950. The van der Waals surface area contributed by atoms with Crippen molar-refractivity contribution in [1.29, 1.82) is 0 Å². The van der Waals surface area contributed by atoms with Crippen LogP contribution < -0.4 is 16.6 Å². The van der Waals surface area contributed by atoms with Crippen LogP contribution in [0.5, 0.6) is 0 Å². The number of halogens is 3. The van der Waals surface area contributed by atoms with Crippen LogP contribution in [0, 0.1) is 11.6 Å². The number of rotatable bonds is 4. The molecule has 0 aliphatic heterocycles. The number of hydrogen-bond acceptors (Lipinski definition) is 4. The van der Waals surface area contributed by atoms with Crippen molar-refractivity contribution >= 4 is 38.9 Å². The van der Waals surface area contributed by atoms with Gasteiger partial charge in [0.25, 0.3) is 5.91 Å². The predicted molar refractivity (Wildman–Crippen MR) is 77.4 cm³/mol. The lowest BCUT2D eigenvalue weighted by Crippen LogP contribution is -2.23. The molecule has 0 radical (unpaired) electrons. The third kappa shape index (κ3) is 3.33. The molecular formula is C12H10BrF2N3OS. The lowest BCUT2D eigenvalue weighted by Gasteiger charge is -2.07. The Balaban J connectivity index is 2.09. The first-order valence-electron chi connectivity index (χ1n) is 5.49. The van der Waals surface area contributed by atoms with E-state index in [0.29, 0.717) is 0 Å². The fourth-order valence-electron chi connectivity index (χ4n) is 1.56. The normalized spacial score (nSPS) is 10.4. The minimum absolute atomic E-state index is 0.102. The molecule has 1 aromatic heterocycles. The minimum atomic E-state index is -0.920. The Morgan fingerprint density at radius 1 is 1.30 bits per heavy atom. The van der Waals surface area contributed by atoms with Crippen LogP contribution >= 0.6 is 27.3 Å². The van der Waals surface area contributed by atoms with E-state index in [9.17, 15) is 13.6 Å². The van der Waals surface area contributed by atoms with Gasteiger partial charge in [0, 0.05) is 10.4 Å². The smallest absolute Gasteiger partial charge is 0.251 e. The van der Waals surface area contributed by atoms with Crippen LogP contribution in [0.4, 0.5) is 14.5 Å². The molecule has 0 bridgehead atoms. The molecule has 1 amide bonds. The molecule has 0 aliphatic rings. The molecule has 2 rings (SSSR count). The minimum Gasteiger partial charge on any atom is -0.347 e. The number of anilines is 1. The fourth-order valence-corrected chi connectivity index (χ4v) is 2.98. The molecule has 0 spiro atoms. The Kier molecular flexibility index (Phi) is 4.69. The van der Waals surface area contributed by atoms with Crippen LogP contribution in [0.25, 0.3) is 0 Å². The standard InChI is InChI=1S/C12H10BrF2N3OS/c13-10-2-1-7(20-10)5-17-12(19)6-3-8(14)11(18-16)9(15)4-6/h1-4,18H,5,16H2,(H,17,19). The maximum absolute atomic E-state index is 13.5. The number of amides is 1. The summed E-state index contributed by atoms with van der Waals surface area (Å²) in [7, 11) is 0. The summed E-state index contributed by atoms with van der Waals surface area (Å²) in [6.07, 6.45) is 0. The number of carbonyl (C=O) groups is 1. The zero-order valence-corrected chi connectivity index (χ0v) is 12.4. The first-order chi connectivity index (χ1) is 9.51. The van der Waals surface area contributed by atoms with Crippen LogP contribution in [0.2, 0.25) is 0 Å². The Bertz CT molecular complexity index is 624. The zero-order chi connectivity index (χ0) is 14.7. The third-order valence-electron chi connectivity index (χ3n) is 2.50. The number of benzene rings is 1. The molecule has 20 heavy (non-hydrogen) atoms. The van der Waals surface area contributed by atoms with Gasteiger partial charge in [-0.2, -0.15) is 0 Å². The molecule has 0 fully saturated rings. The number of thiophene rings is 1. The molecule has 0 saturated heterocycles. The van der Waals surface area contributed by atoms with Gasteiger partial charge >= 0.3 is 0 Å². The lowest BCUT2D eigenvalue weighted by atomic mass is 10.1. The van der Waals surface area contributed by atoms with E-state index in [1.54, 1.807) is 0 Å². The van der Waals surface area contributed by atoms with Crippen molar-refractivity contribution in [2.24, 2.45) is 5.84 Å². The van der Waals surface area contributed by atoms with Gasteiger partial charge in [0.05, 0.1) is 10.3 Å². The summed E-state index contributed by atoms with van der Waals surface area (Å²) in [6, 6.07) is 5.56. The van der Waals surface area contributed by atoms with Gasteiger partial charge in [-0.05, 0) is 40.2 Å². The molecule has 1 heterocycles. The van der Waals surface area contributed by atoms with Crippen molar-refractivity contribution in [3.05, 3.63) is 50.1 Å². The first kappa shape index (κ1) is 14.9. The molecule has 4 N–H and O–H groups in total. The summed E-state index contributed by atoms with van der Waals surface area (Å²) >= 11 is 4.77. The molecule has 106 valence electrons. The average molecular weight is 362 g/mol. The molecule has 0 atom stereocenters. The highest BCUT2D eigenvalue weighted by atomic mass is 79.9. The van der Waals surface area contributed by atoms with Crippen molar-refractivity contribution in [3.63, 3.8) is 0 Å². The molecule has 2 aromatic rings. The van der Waals surface area contributed by atoms with Gasteiger partial charge in [-0.3, -0.25) is 10.6 Å². The van der Waals surface area contributed by atoms with E-state index in [0.717, 1.165) is 20.8 Å². The molecule has 0 saturated carbocycles. The quantitative estimate of drug-likeness (QED) is 0.579. The van der Waals surface area contributed by atoms with Crippen LogP contribution in [-0.4, -0.2) is 5.91 Å². The Morgan fingerprint density at radius 2 is 1.95 bits per heavy atom. The highest BCUT2D eigenvalue weighted by molar-refractivity contribution is 9.11. The monoisotopic (exact) mass is 361 g/mol. The summed E-state index contributed by atoms with van der Waals surface area (Å²) in [5.74, 6) is 2.58. The topological polar surface area (TPSA) is 67.1 Å². The van der Waals surface area contributed by atoms with Gasteiger partial charge in [-0.15, -0.1) is 11.3 Å². The number of hydrazine groups is 1. The van der Waals surface area contributed by atoms with E-state index in [2.05, 4.69) is 21.2 Å². The Labute approximate surface area is 126 Å². The molecule has 1 aromatic carbocycles. The second kappa shape index (κ2) is 6.29. The van der Waals surface area contributed by atoms with Gasteiger partial charge in [0.1, 0.15) is 5.69 Å². The van der Waals surface area contributed by atoms with E-state index in [4.69, 9.17) is 5.84 Å². The average Bonchev–Trinajstić information content (AvgIpc) is 2.81. The summed E-state index contributed by atoms with van der Waals surface area (Å²) in [5, 5.41) is 2.59. The highest BCUT2D eigenvalue weighted by Gasteiger charge is 2.14. The number of hydrogen-bond donors (Lipinski definition) is 3. The Hall–Kier alpha value is -1.51. The van der Waals surface area contributed by atoms with Crippen molar-refractivity contribution in [2.75, 3.05) is 5.43 Å². The fraction of sp³-hybridized carbons (Fsp3) is 0.0833. The molecule has 0 aliphatic carbocycles. The summed E-state index contributed by atoms with van der Waals surface area (Å²) in [4.78, 5) is 12.7. The van der Waals surface area contributed by atoms with Gasteiger partial charge in [0.2, 0.25) is 0 Å². The summed E-state index contributed by atoms with van der Waals surface area (Å²) in [5.41, 5.74) is 1.33. The maximum atomic E-state index is 13.5. The van der Waals surface area contributed by atoms with Crippen LogP contribution in [-0.2, 0) is 6.54 Å².